The number of thioether (sulfide) groups is 1. The summed E-state index contributed by atoms with van der Waals surface area (Å²) in [6.45, 7) is 3.67. The van der Waals surface area contributed by atoms with E-state index in [1.54, 1.807) is 18.2 Å². The summed E-state index contributed by atoms with van der Waals surface area (Å²) >= 11 is 1.18. The first-order valence-electron chi connectivity index (χ1n) is 9.23. The highest BCUT2D eigenvalue weighted by molar-refractivity contribution is 8.00. The molecule has 30 heavy (non-hydrogen) atoms. The second kappa shape index (κ2) is 9.54. The van der Waals surface area contributed by atoms with Gasteiger partial charge in [-0.15, -0.1) is 0 Å². The number of Topliss-reactive ketones (excluding diaryl/α,β-unsaturated/α-hetero) is 1. The van der Waals surface area contributed by atoms with Crippen LogP contribution in [0.3, 0.4) is 0 Å². The topological polar surface area (TPSA) is 68.3 Å². The van der Waals surface area contributed by atoms with E-state index in [0.29, 0.717) is 27.6 Å². The number of methoxy groups -OCH3 is 1. The van der Waals surface area contributed by atoms with E-state index in [-0.39, 0.29) is 17.4 Å². The van der Waals surface area contributed by atoms with Crippen LogP contribution in [-0.4, -0.2) is 29.5 Å². The van der Waals surface area contributed by atoms with Gasteiger partial charge in [-0.05, 0) is 61.9 Å². The Labute approximate surface area is 178 Å². The van der Waals surface area contributed by atoms with Crippen LogP contribution in [0.2, 0.25) is 0 Å². The molecule has 0 saturated heterocycles. The van der Waals surface area contributed by atoms with Crippen molar-refractivity contribution in [3.05, 3.63) is 82.8 Å². The first kappa shape index (κ1) is 21.5. The van der Waals surface area contributed by atoms with Crippen LogP contribution in [0, 0.1) is 19.7 Å². The van der Waals surface area contributed by atoms with Crippen molar-refractivity contribution in [1.29, 1.82) is 0 Å². The van der Waals surface area contributed by atoms with E-state index >= 15 is 0 Å². The summed E-state index contributed by atoms with van der Waals surface area (Å²) in [6.07, 6.45) is 0. The lowest BCUT2D eigenvalue weighted by Gasteiger charge is -2.14. The van der Waals surface area contributed by atoms with Gasteiger partial charge in [0.2, 0.25) is 0 Å². The van der Waals surface area contributed by atoms with Crippen LogP contribution >= 0.6 is 11.8 Å². The molecule has 0 aliphatic carbocycles. The third-order valence-electron chi connectivity index (χ3n) is 4.40. The van der Waals surface area contributed by atoms with Gasteiger partial charge in [0, 0.05) is 11.3 Å². The van der Waals surface area contributed by atoms with Crippen molar-refractivity contribution in [2.45, 2.75) is 18.9 Å². The zero-order valence-electron chi connectivity index (χ0n) is 16.9. The number of amides is 1. The van der Waals surface area contributed by atoms with Crippen molar-refractivity contribution in [2.75, 3.05) is 18.2 Å². The first-order chi connectivity index (χ1) is 14.4. The van der Waals surface area contributed by atoms with Gasteiger partial charge >= 0.3 is 0 Å². The smallest absolute Gasteiger partial charge is 0.258 e. The zero-order valence-corrected chi connectivity index (χ0v) is 17.7. The lowest BCUT2D eigenvalue weighted by molar-refractivity contribution is 0.101. The number of aryl methyl sites for hydroxylation is 2. The molecule has 0 aliphatic rings. The summed E-state index contributed by atoms with van der Waals surface area (Å²) in [5.74, 6) is -0.274. The predicted octanol–water partition coefficient (Wildman–Crippen LogP) is 5.07. The maximum atomic E-state index is 13.1. The molecule has 0 atom stereocenters. The molecule has 0 spiro atoms. The number of anilines is 1. The van der Waals surface area contributed by atoms with Crippen molar-refractivity contribution < 1.29 is 18.7 Å². The molecular weight excluding hydrogens is 403 g/mol. The van der Waals surface area contributed by atoms with Crippen molar-refractivity contribution >= 4 is 29.1 Å². The van der Waals surface area contributed by atoms with E-state index in [1.165, 1.54) is 43.1 Å². The van der Waals surface area contributed by atoms with E-state index in [2.05, 4.69) is 10.3 Å². The number of ether oxygens (including phenoxy) is 1. The van der Waals surface area contributed by atoms with Crippen LogP contribution in [0.25, 0.3) is 0 Å². The SMILES string of the molecule is COc1ccccc1NC(=O)c1c(C)cc(C)nc1SCC(=O)c1ccc(F)cc1. The molecule has 1 amide bonds. The quantitative estimate of drug-likeness (QED) is 0.423. The number of aromatic nitrogens is 1. The van der Waals surface area contributed by atoms with Gasteiger partial charge < -0.3 is 10.1 Å². The molecule has 154 valence electrons. The summed E-state index contributed by atoms with van der Waals surface area (Å²) < 4.78 is 18.4. The number of benzene rings is 2. The molecule has 0 aliphatic heterocycles. The number of rotatable bonds is 7. The average molecular weight is 424 g/mol. The lowest BCUT2D eigenvalue weighted by Crippen LogP contribution is -2.17. The fraction of sp³-hybridized carbons (Fsp3) is 0.174. The molecule has 0 saturated carbocycles. The van der Waals surface area contributed by atoms with E-state index < -0.39 is 5.82 Å². The monoisotopic (exact) mass is 424 g/mol. The molecule has 1 heterocycles. The first-order valence-corrected chi connectivity index (χ1v) is 10.2. The molecule has 3 aromatic rings. The van der Waals surface area contributed by atoms with Gasteiger partial charge in [-0.3, -0.25) is 9.59 Å². The minimum absolute atomic E-state index is 0.0798. The molecule has 0 radical (unpaired) electrons. The molecule has 1 aromatic heterocycles. The Morgan fingerprint density at radius 1 is 1.10 bits per heavy atom. The van der Waals surface area contributed by atoms with Crippen LogP contribution in [-0.2, 0) is 0 Å². The standard InChI is InChI=1S/C23H21FN2O3S/c1-14-12-15(2)25-23(30-13-19(27)16-8-10-17(24)11-9-16)21(14)22(28)26-18-6-4-5-7-20(18)29-3/h4-12H,13H2,1-3H3,(H,26,28). The summed E-state index contributed by atoms with van der Waals surface area (Å²) in [4.78, 5) is 30.0. The molecule has 5 nitrogen and oxygen atoms in total. The van der Waals surface area contributed by atoms with E-state index in [0.717, 1.165) is 11.3 Å². The number of hydrogen-bond acceptors (Lipinski definition) is 5. The molecule has 0 bridgehead atoms. The fourth-order valence-electron chi connectivity index (χ4n) is 2.97. The Bertz CT molecular complexity index is 1080. The molecule has 7 heteroatoms. The summed E-state index contributed by atoms with van der Waals surface area (Å²) in [7, 11) is 1.53. The Morgan fingerprint density at radius 2 is 1.80 bits per heavy atom. The number of hydrogen-bond donors (Lipinski definition) is 1. The number of nitrogens with zero attached hydrogens (tertiary/aromatic N) is 1. The van der Waals surface area contributed by atoms with E-state index in [9.17, 15) is 14.0 Å². The number of nitrogens with one attached hydrogen (secondary N) is 1. The summed E-state index contributed by atoms with van der Waals surface area (Å²) in [6, 6.07) is 14.3. The number of pyridine rings is 1. The normalized spacial score (nSPS) is 10.5. The maximum absolute atomic E-state index is 13.1. The Hall–Kier alpha value is -3.19. The van der Waals surface area contributed by atoms with Gasteiger partial charge in [-0.25, -0.2) is 9.37 Å². The van der Waals surface area contributed by atoms with Crippen molar-refractivity contribution in [1.82, 2.24) is 4.98 Å². The van der Waals surface area contributed by atoms with Crippen LogP contribution < -0.4 is 10.1 Å². The van der Waals surface area contributed by atoms with Gasteiger partial charge in [-0.2, -0.15) is 0 Å². The van der Waals surface area contributed by atoms with Gasteiger partial charge in [-0.1, -0.05) is 23.9 Å². The highest BCUT2D eigenvalue weighted by atomic mass is 32.2. The Balaban J connectivity index is 1.84. The number of ketones is 1. The number of para-hydroxylation sites is 2. The minimum Gasteiger partial charge on any atom is -0.495 e. The van der Waals surface area contributed by atoms with Crippen molar-refractivity contribution in [3.63, 3.8) is 0 Å². The van der Waals surface area contributed by atoms with Gasteiger partial charge in [0.1, 0.15) is 16.6 Å². The van der Waals surface area contributed by atoms with Gasteiger partial charge in [0.05, 0.1) is 24.1 Å². The number of halogens is 1. The van der Waals surface area contributed by atoms with Crippen LogP contribution in [0.15, 0.2) is 59.6 Å². The van der Waals surface area contributed by atoms with Crippen LogP contribution in [0.1, 0.15) is 32.0 Å². The van der Waals surface area contributed by atoms with Crippen molar-refractivity contribution in [2.24, 2.45) is 0 Å². The Morgan fingerprint density at radius 3 is 2.50 bits per heavy atom. The second-order valence-corrected chi connectivity index (χ2v) is 7.60. The second-order valence-electron chi connectivity index (χ2n) is 6.63. The third-order valence-corrected chi connectivity index (χ3v) is 5.38. The highest BCUT2D eigenvalue weighted by Crippen LogP contribution is 2.28. The zero-order chi connectivity index (χ0) is 21.7. The molecule has 0 unspecified atom stereocenters. The average Bonchev–Trinajstić information content (AvgIpc) is 2.72. The molecular formula is C23H21FN2O3S. The maximum Gasteiger partial charge on any atom is 0.258 e. The number of carbonyl (C=O) groups excluding carboxylic acids is 2. The van der Waals surface area contributed by atoms with Gasteiger partial charge in [0.15, 0.2) is 5.78 Å². The van der Waals surface area contributed by atoms with Crippen molar-refractivity contribution in [3.8, 4) is 5.75 Å². The summed E-state index contributed by atoms with van der Waals surface area (Å²) in [5.41, 5.74) is 2.87. The summed E-state index contributed by atoms with van der Waals surface area (Å²) in [5, 5.41) is 3.33. The Kier molecular flexibility index (Phi) is 6.84. The molecule has 2 aromatic carbocycles. The van der Waals surface area contributed by atoms with Crippen LogP contribution in [0.5, 0.6) is 5.75 Å². The fourth-order valence-corrected chi connectivity index (χ4v) is 4.01. The van der Waals surface area contributed by atoms with E-state index in [4.69, 9.17) is 4.74 Å². The van der Waals surface area contributed by atoms with Gasteiger partial charge in [0.25, 0.3) is 5.91 Å². The molecule has 3 rings (SSSR count). The molecule has 1 N–H and O–H groups in total. The molecule has 0 fully saturated rings. The number of carbonyl (C=O) groups is 2. The lowest BCUT2D eigenvalue weighted by atomic mass is 10.1. The highest BCUT2D eigenvalue weighted by Gasteiger charge is 2.20. The van der Waals surface area contributed by atoms with E-state index in [1.807, 2.05) is 26.0 Å². The third kappa shape index (κ3) is 5.04. The predicted molar refractivity (Wildman–Crippen MR) is 116 cm³/mol. The largest absolute Gasteiger partial charge is 0.495 e. The van der Waals surface area contributed by atoms with Crippen LogP contribution in [0.4, 0.5) is 10.1 Å². The minimum atomic E-state index is -0.398.